The van der Waals surface area contributed by atoms with Gasteiger partial charge in [0.05, 0.1) is 11.8 Å². The molecule has 1 amide bonds. The van der Waals surface area contributed by atoms with Gasteiger partial charge in [0.1, 0.15) is 0 Å². The van der Waals surface area contributed by atoms with Gasteiger partial charge >= 0.3 is 0 Å². The van der Waals surface area contributed by atoms with Crippen molar-refractivity contribution in [3.05, 3.63) is 17.5 Å². The fraction of sp³-hybridized carbons (Fsp3) is 0.714. The summed E-state index contributed by atoms with van der Waals surface area (Å²) in [7, 11) is 0. The smallest absolute Gasteiger partial charge is 0.254 e. The van der Waals surface area contributed by atoms with E-state index in [1.54, 1.807) is 6.20 Å². The normalized spacial score (nSPS) is 14.2. The van der Waals surface area contributed by atoms with Crippen LogP contribution in [0.4, 0.5) is 0 Å². The highest BCUT2D eigenvalue weighted by atomic mass is 16.3. The Balaban J connectivity index is 2.69. The molecule has 0 aromatic carbocycles. The van der Waals surface area contributed by atoms with Crippen molar-refractivity contribution in [1.82, 2.24) is 15.1 Å². The lowest BCUT2D eigenvalue weighted by molar-refractivity contribution is 0.0915. The first kappa shape index (κ1) is 15.7. The summed E-state index contributed by atoms with van der Waals surface area (Å²) in [6, 6.07) is -0.0594. The van der Waals surface area contributed by atoms with Crippen molar-refractivity contribution in [2.45, 2.75) is 53.1 Å². The van der Waals surface area contributed by atoms with Crippen LogP contribution in [-0.2, 0) is 6.54 Å². The van der Waals surface area contributed by atoms with Crippen molar-refractivity contribution < 1.29 is 9.90 Å². The first-order valence-corrected chi connectivity index (χ1v) is 6.95. The van der Waals surface area contributed by atoms with Crippen molar-refractivity contribution in [2.75, 3.05) is 6.61 Å². The monoisotopic (exact) mass is 267 g/mol. The minimum Gasteiger partial charge on any atom is -0.396 e. The average Bonchev–Trinajstić information content (AvgIpc) is 2.76. The number of unbranched alkanes of at least 4 members (excludes halogenated alkanes) is 1. The van der Waals surface area contributed by atoms with Crippen molar-refractivity contribution in [3.8, 4) is 0 Å². The molecule has 1 heterocycles. The molecule has 5 nitrogen and oxygen atoms in total. The molecule has 2 unspecified atom stereocenters. The van der Waals surface area contributed by atoms with Crippen LogP contribution >= 0.6 is 0 Å². The maximum Gasteiger partial charge on any atom is 0.254 e. The molecule has 0 aliphatic rings. The molecule has 108 valence electrons. The van der Waals surface area contributed by atoms with Gasteiger partial charge in [0, 0.05) is 24.9 Å². The number of carbonyl (C=O) groups excluding carboxylic acids is 1. The highest BCUT2D eigenvalue weighted by Gasteiger charge is 2.18. The highest BCUT2D eigenvalue weighted by Crippen LogP contribution is 2.10. The molecule has 0 spiro atoms. The highest BCUT2D eigenvalue weighted by molar-refractivity contribution is 5.95. The molecule has 0 aliphatic heterocycles. The van der Waals surface area contributed by atoms with E-state index in [-0.39, 0.29) is 24.5 Å². The molecule has 0 aliphatic carbocycles. The van der Waals surface area contributed by atoms with Gasteiger partial charge in [0.25, 0.3) is 5.91 Å². The molecule has 5 heteroatoms. The van der Waals surface area contributed by atoms with E-state index in [9.17, 15) is 4.79 Å². The van der Waals surface area contributed by atoms with Crippen LogP contribution in [0.2, 0.25) is 0 Å². The van der Waals surface area contributed by atoms with Crippen LogP contribution in [0.25, 0.3) is 0 Å². The van der Waals surface area contributed by atoms with Gasteiger partial charge < -0.3 is 10.4 Å². The van der Waals surface area contributed by atoms with Crippen LogP contribution in [0, 0.1) is 12.8 Å². The minimum atomic E-state index is -0.118. The number of nitrogens with zero attached hydrogens (tertiary/aromatic N) is 2. The molecular formula is C14H25N3O2. The number of amides is 1. The molecule has 0 fully saturated rings. The SMILES string of the molecule is CCCCn1ncc(C(=O)NC(C)C(C)CO)c1C. The summed E-state index contributed by atoms with van der Waals surface area (Å²) in [5.74, 6) is -0.0764. The topological polar surface area (TPSA) is 67.2 Å². The summed E-state index contributed by atoms with van der Waals surface area (Å²) < 4.78 is 1.87. The third-order valence-corrected chi connectivity index (χ3v) is 3.57. The van der Waals surface area contributed by atoms with Crippen molar-refractivity contribution in [1.29, 1.82) is 0 Å². The summed E-state index contributed by atoms with van der Waals surface area (Å²) in [4.78, 5) is 12.1. The average molecular weight is 267 g/mol. The van der Waals surface area contributed by atoms with E-state index in [4.69, 9.17) is 5.11 Å². The van der Waals surface area contributed by atoms with Crippen molar-refractivity contribution >= 4 is 5.91 Å². The van der Waals surface area contributed by atoms with Crippen molar-refractivity contribution in [2.24, 2.45) is 5.92 Å². The molecule has 0 radical (unpaired) electrons. The number of aromatic nitrogens is 2. The second-order valence-electron chi connectivity index (χ2n) is 5.14. The Morgan fingerprint density at radius 1 is 1.53 bits per heavy atom. The van der Waals surface area contributed by atoms with Crippen molar-refractivity contribution in [3.63, 3.8) is 0 Å². The fourth-order valence-electron chi connectivity index (χ4n) is 1.79. The van der Waals surface area contributed by atoms with Gasteiger partial charge in [-0.25, -0.2) is 0 Å². The van der Waals surface area contributed by atoms with Crippen LogP contribution in [0.3, 0.4) is 0 Å². The number of aryl methyl sites for hydroxylation is 1. The van der Waals surface area contributed by atoms with Gasteiger partial charge in [0.15, 0.2) is 0 Å². The third-order valence-electron chi connectivity index (χ3n) is 3.57. The molecule has 1 aromatic rings. The van der Waals surface area contributed by atoms with Gasteiger partial charge in [0.2, 0.25) is 0 Å². The summed E-state index contributed by atoms with van der Waals surface area (Å²) in [5.41, 5.74) is 1.52. The quantitative estimate of drug-likeness (QED) is 0.790. The van der Waals surface area contributed by atoms with Gasteiger partial charge in [-0.3, -0.25) is 9.48 Å². The molecule has 1 rings (SSSR count). The Labute approximate surface area is 115 Å². The van der Waals surface area contributed by atoms with Crippen LogP contribution in [0.1, 0.15) is 49.7 Å². The number of nitrogens with one attached hydrogen (secondary N) is 1. The predicted octanol–water partition coefficient (Wildman–Crippen LogP) is 1.74. The number of rotatable bonds is 7. The fourth-order valence-corrected chi connectivity index (χ4v) is 1.79. The zero-order chi connectivity index (χ0) is 14.4. The Kier molecular flexibility index (Phi) is 6.02. The van der Waals surface area contributed by atoms with E-state index < -0.39 is 0 Å². The first-order chi connectivity index (χ1) is 9.01. The lowest BCUT2D eigenvalue weighted by Crippen LogP contribution is -2.38. The largest absolute Gasteiger partial charge is 0.396 e. The number of hydrogen-bond acceptors (Lipinski definition) is 3. The maximum absolute atomic E-state index is 12.1. The van der Waals surface area contributed by atoms with Gasteiger partial charge in [-0.2, -0.15) is 5.10 Å². The third kappa shape index (κ3) is 4.06. The second-order valence-corrected chi connectivity index (χ2v) is 5.14. The summed E-state index contributed by atoms with van der Waals surface area (Å²) >= 11 is 0. The van der Waals surface area contributed by atoms with Crippen LogP contribution < -0.4 is 5.32 Å². The number of hydrogen-bond donors (Lipinski definition) is 2. The number of aliphatic hydroxyl groups is 1. The Hall–Kier alpha value is -1.36. The maximum atomic E-state index is 12.1. The van der Waals surface area contributed by atoms with Crippen LogP contribution in [0.5, 0.6) is 0 Å². The van der Waals surface area contributed by atoms with E-state index >= 15 is 0 Å². The van der Waals surface area contributed by atoms with E-state index in [0.29, 0.717) is 5.56 Å². The van der Waals surface area contributed by atoms with Gasteiger partial charge in [-0.1, -0.05) is 20.3 Å². The van der Waals surface area contributed by atoms with E-state index in [1.807, 2.05) is 25.5 Å². The predicted molar refractivity (Wildman–Crippen MR) is 75.1 cm³/mol. The number of aliphatic hydroxyl groups excluding tert-OH is 1. The zero-order valence-corrected chi connectivity index (χ0v) is 12.3. The molecule has 2 N–H and O–H groups in total. The lowest BCUT2D eigenvalue weighted by atomic mass is 10.0. The van der Waals surface area contributed by atoms with E-state index in [2.05, 4.69) is 17.3 Å². The Morgan fingerprint density at radius 2 is 2.21 bits per heavy atom. The first-order valence-electron chi connectivity index (χ1n) is 6.95. The zero-order valence-electron chi connectivity index (χ0n) is 12.3. The standard InChI is InChI=1S/C14H25N3O2/c1-5-6-7-17-12(4)13(8-15-17)14(19)16-11(3)10(2)9-18/h8,10-11,18H,5-7,9H2,1-4H3,(H,16,19). The summed E-state index contributed by atoms with van der Waals surface area (Å²) in [5, 5.41) is 16.2. The molecule has 0 saturated carbocycles. The molecular weight excluding hydrogens is 242 g/mol. The molecule has 0 bridgehead atoms. The molecule has 1 aromatic heterocycles. The van der Waals surface area contributed by atoms with Crippen LogP contribution in [-0.4, -0.2) is 33.4 Å². The van der Waals surface area contributed by atoms with E-state index in [1.165, 1.54) is 0 Å². The lowest BCUT2D eigenvalue weighted by Gasteiger charge is -2.19. The summed E-state index contributed by atoms with van der Waals surface area (Å²) in [6.45, 7) is 8.76. The summed E-state index contributed by atoms with van der Waals surface area (Å²) in [6.07, 6.45) is 3.78. The minimum absolute atomic E-state index is 0.0411. The Bertz CT molecular complexity index is 415. The Morgan fingerprint density at radius 3 is 2.79 bits per heavy atom. The van der Waals surface area contributed by atoms with Gasteiger partial charge in [-0.05, 0) is 26.2 Å². The molecule has 19 heavy (non-hydrogen) atoms. The molecule has 0 saturated heterocycles. The van der Waals surface area contributed by atoms with E-state index in [0.717, 1.165) is 25.1 Å². The number of carbonyl (C=O) groups is 1. The van der Waals surface area contributed by atoms with Crippen LogP contribution in [0.15, 0.2) is 6.20 Å². The van der Waals surface area contributed by atoms with Gasteiger partial charge in [-0.15, -0.1) is 0 Å². The molecule has 2 atom stereocenters. The second kappa shape index (κ2) is 7.28.